The van der Waals surface area contributed by atoms with Gasteiger partial charge in [0.05, 0.1) is 13.3 Å². The molecule has 2 aromatic heterocycles. The molecule has 5 rings (SSSR count). The van der Waals surface area contributed by atoms with Crippen molar-refractivity contribution in [3.63, 3.8) is 0 Å². The van der Waals surface area contributed by atoms with Gasteiger partial charge in [-0.15, -0.1) is 0 Å². The summed E-state index contributed by atoms with van der Waals surface area (Å²) in [6.45, 7) is 1.60. The minimum atomic E-state index is -4.98. The molecule has 0 saturated carbocycles. The molecular weight excluding hydrogens is 489 g/mol. The van der Waals surface area contributed by atoms with E-state index < -0.39 is 23.7 Å². The summed E-state index contributed by atoms with van der Waals surface area (Å²) in [4.78, 5) is 20.5. The van der Waals surface area contributed by atoms with Crippen molar-refractivity contribution in [2.45, 2.75) is 24.7 Å². The van der Waals surface area contributed by atoms with E-state index in [1.807, 2.05) is 0 Å². The van der Waals surface area contributed by atoms with Gasteiger partial charge in [-0.05, 0) is 41.8 Å². The van der Waals surface area contributed by atoms with E-state index in [1.54, 1.807) is 31.3 Å². The number of amides is 1. The van der Waals surface area contributed by atoms with Crippen LogP contribution < -0.4 is 15.6 Å². The van der Waals surface area contributed by atoms with Crippen LogP contribution in [0.3, 0.4) is 0 Å². The van der Waals surface area contributed by atoms with Crippen LogP contribution in [0.4, 0.5) is 19.1 Å². The van der Waals surface area contributed by atoms with Crippen molar-refractivity contribution in [3.05, 3.63) is 78.4 Å². The largest absolute Gasteiger partial charge is 0.497 e. The Bertz CT molecular complexity index is 1470. The fourth-order valence-electron chi connectivity index (χ4n) is 4.40. The third kappa shape index (κ3) is 3.95. The molecule has 1 aliphatic carbocycles. The first kappa shape index (κ1) is 24.3. The molecule has 1 aliphatic rings. The molecule has 2 unspecified atom stereocenters. The summed E-state index contributed by atoms with van der Waals surface area (Å²) in [6, 6.07) is 9.47. The number of methoxy groups -OCH3 is 1. The number of nitrogens with one attached hydrogen (secondary N) is 2. The molecule has 3 N–H and O–H groups in total. The molecule has 0 spiro atoms. The minimum Gasteiger partial charge on any atom is -0.497 e. The summed E-state index contributed by atoms with van der Waals surface area (Å²) in [5, 5.41) is 15.3. The van der Waals surface area contributed by atoms with Gasteiger partial charge in [-0.3, -0.25) is 20.3 Å². The van der Waals surface area contributed by atoms with Crippen molar-refractivity contribution in [2.75, 3.05) is 12.5 Å². The summed E-state index contributed by atoms with van der Waals surface area (Å²) in [6.07, 6.45) is 1.03. The van der Waals surface area contributed by atoms with Gasteiger partial charge in [0, 0.05) is 35.3 Å². The lowest BCUT2D eigenvalue weighted by molar-refractivity contribution is -0.246. The Morgan fingerprint density at radius 1 is 1.11 bits per heavy atom. The number of aliphatic hydroxyl groups is 1. The summed E-state index contributed by atoms with van der Waals surface area (Å²) >= 11 is 0. The van der Waals surface area contributed by atoms with Gasteiger partial charge in [-0.2, -0.15) is 18.3 Å². The molecular formula is C25H21F3N6O3. The van der Waals surface area contributed by atoms with Gasteiger partial charge in [-0.25, -0.2) is 9.97 Å². The predicted octanol–water partition coefficient (Wildman–Crippen LogP) is 3.83. The molecule has 0 saturated heterocycles. The fraction of sp³-hybridized carbons (Fsp3) is 0.200. The number of hydrogen-bond acceptors (Lipinski definition) is 7. The van der Waals surface area contributed by atoms with E-state index >= 15 is 0 Å². The highest BCUT2D eigenvalue weighted by molar-refractivity contribution is 5.93. The van der Waals surface area contributed by atoms with E-state index in [0.717, 1.165) is 0 Å². The van der Waals surface area contributed by atoms with Crippen LogP contribution in [0.25, 0.3) is 22.3 Å². The third-order valence-electron chi connectivity index (χ3n) is 6.29. The summed E-state index contributed by atoms with van der Waals surface area (Å²) < 4.78 is 49.6. The highest BCUT2D eigenvalue weighted by atomic mass is 19.4. The molecule has 2 heterocycles. The van der Waals surface area contributed by atoms with Crippen molar-refractivity contribution in [1.29, 1.82) is 0 Å². The Morgan fingerprint density at radius 3 is 2.54 bits per heavy atom. The fourth-order valence-corrected chi connectivity index (χ4v) is 4.40. The van der Waals surface area contributed by atoms with E-state index in [0.29, 0.717) is 11.1 Å². The van der Waals surface area contributed by atoms with Gasteiger partial charge in [0.15, 0.2) is 0 Å². The first-order valence-electron chi connectivity index (χ1n) is 11.1. The number of hydrogen-bond donors (Lipinski definition) is 3. The zero-order valence-electron chi connectivity index (χ0n) is 19.6. The number of benzene rings is 2. The van der Waals surface area contributed by atoms with E-state index in [4.69, 9.17) is 4.74 Å². The van der Waals surface area contributed by atoms with E-state index in [1.165, 1.54) is 54.6 Å². The number of carbonyl (C=O) groups is 1. The van der Waals surface area contributed by atoms with Crippen molar-refractivity contribution >= 4 is 11.9 Å². The van der Waals surface area contributed by atoms with Gasteiger partial charge in [0.25, 0.3) is 5.91 Å². The maximum Gasteiger partial charge on any atom is 0.425 e. The van der Waals surface area contributed by atoms with Crippen LogP contribution >= 0.6 is 0 Å². The number of hydrazine groups is 1. The maximum absolute atomic E-state index is 14.3. The second-order valence-corrected chi connectivity index (χ2v) is 8.42. The molecule has 0 fully saturated rings. The van der Waals surface area contributed by atoms with E-state index in [9.17, 15) is 23.1 Å². The van der Waals surface area contributed by atoms with Gasteiger partial charge in [-0.1, -0.05) is 24.3 Å². The smallest absolute Gasteiger partial charge is 0.425 e. The lowest BCUT2D eigenvalue weighted by Crippen LogP contribution is -2.41. The van der Waals surface area contributed by atoms with Crippen LogP contribution in [0.5, 0.6) is 5.75 Å². The molecule has 2 aromatic carbocycles. The number of anilines is 1. The normalized spacial score (nSPS) is 17.0. The number of fused-ring (bicyclic) bond motifs is 3. The first-order chi connectivity index (χ1) is 17.6. The van der Waals surface area contributed by atoms with Gasteiger partial charge in [0.1, 0.15) is 11.8 Å². The first-order valence-corrected chi connectivity index (χ1v) is 11.1. The van der Waals surface area contributed by atoms with Gasteiger partial charge >= 0.3 is 6.18 Å². The monoisotopic (exact) mass is 510 g/mol. The molecule has 4 aromatic rings. The Kier molecular flexibility index (Phi) is 5.83. The Balaban J connectivity index is 1.54. The lowest BCUT2D eigenvalue weighted by atomic mass is 9.89. The zero-order valence-corrected chi connectivity index (χ0v) is 19.6. The third-order valence-corrected chi connectivity index (χ3v) is 6.29. The average molecular weight is 510 g/mol. The number of rotatable bonds is 6. The molecule has 0 aliphatic heterocycles. The van der Waals surface area contributed by atoms with Crippen molar-refractivity contribution in [1.82, 2.24) is 25.2 Å². The maximum atomic E-state index is 14.3. The molecule has 190 valence electrons. The Morgan fingerprint density at radius 2 is 1.84 bits per heavy atom. The van der Waals surface area contributed by atoms with Crippen LogP contribution in [0, 0.1) is 0 Å². The highest BCUT2D eigenvalue weighted by Crippen LogP contribution is 2.58. The number of alkyl halides is 3. The second-order valence-electron chi connectivity index (χ2n) is 8.42. The molecule has 9 nitrogen and oxygen atoms in total. The quantitative estimate of drug-likeness (QED) is 0.338. The number of ether oxygens (including phenoxy) is 1. The number of nitrogens with zero attached hydrogens (tertiary/aromatic N) is 4. The van der Waals surface area contributed by atoms with Crippen LogP contribution in [0.15, 0.2) is 67.3 Å². The molecule has 0 radical (unpaired) electrons. The number of halogens is 3. The zero-order chi connectivity index (χ0) is 26.4. The van der Waals surface area contributed by atoms with E-state index in [2.05, 4.69) is 25.9 Å². The van der Waals surface area contributed by atoms with Crippen molar-refractivity contribution in [2.24, 2.45) is 0 Å². The summed E-state index contributed by atoms with van der Waals surface area (Å²) in [5.41, 5.74) is 2.57. The average Bonchev–Trinajstić information content (AvgIpc) is 3.49. The van der Waals surface area contributed by atoms with Crippen molar-refractivity contribution < 1.29 is 27.8 Å². The highest BCUT2D eigenvalue weighted by Gasteiger charge is 2.61. The van der Waals surface area contributed by atoms with Crippen LogP contribution in [-0.2, 0) is 10.4 Å². The summed E-state index contributed by atoms with van der Waals surface area (Å²) in [7, 11) is 1.33. The molecule has 2 atom stereocenters. The molecule has 0 bridgehead atoms. The Hall–Kier alpha value is -4.45. The number of aromatic nitrogens is 4. The second kappa shape index (κ2) is 8.89. The topological polar surface area (TPSA) is 114 Å². The Labute approximate surface area is 208 Å². The van der Waals surface area contributed by atoms with Crippen LogP contribution in [0.1, 0.15) is 24.1 Å². The molecule has 1 amide bonds. The lowest BCUT2D eigenvalue weighted by Gasteiger charge is -2.28. The number of carbonyl (C=O) groups excluding carboxylic acids is 1. The summed E-state index contributed by atoms with van der Waals surface area (Å²) in [5.74, 6) is -0.114. The standard InChI is InChI=1S/C25H21F3N6O3/c1-14(22(35)32-33-23-29-8-5-9-30-23)34-13-15(12-31-34)18-10-16(37-2)11-20-21(18)17-6-3-4-7-19(17)24(20,36)25(26,27)28/h3-14,36H,1-2H3,(H,32,35)(H,29,30,33). The molecule has 37 heavy (non-hydrogen) atoms. The van der Waals surface area contributed by atoms with E-state index in [-0.39, 0.29) is 34.0 Å². The van der Waals surface area contributed by atoms with Gasteiger partial charge in [0.2, 0.25) is 11.5 Å². The minimum absolute atomic E-state index is 0.134. The van der Waals surface area contributed by atoms with Crippen LogP contribution in [0.2, 0.25) is 0 Å². The predicted molar refractivity (Wildman–Crippen MR) is 127 cm³/mol. The van der Waals surface area contributed by atoms with Gasteiger partial charge < -0.3 is 9.84 Å². The van der Waals surface area contributed by atoms with Crippen LogP contribution in [-0.4, -0.2) is 44.0 Å². The SMILES string of the molecule is COc1cc(-c2cnn(C(C)C(=O)NNc3ncccn3)c2)c2c(c1)C(O)(C(F)(F)F)c1ccccc1-2. The van der Waals surface area contributed by atoms with Crippen molar-refractivity contribution in [3.8, 4) is 28.0 Å². The molecule has 12 heteroatoms.